The molecular weight excluding hydrogens is 542 g/mol. The number of benzene rings is 1. The second kappa shape index (κ2) is 11.5. The van der Waals surface area contributed by atoms with E-state index >= 15 is 0 Å². The number of nitrogens with zero attached hydrogens (tertiary/aromatic N) is 4. The van der Waals surface area contributed by atoms with Gasteiger partial charge in [0.25, 0.3) is 0 Å². The van der Waals surface area contributed by atoms with Gasteiger partial charge in [-0.3, -0.25) is 9.78 Å². The second-order valence-electron chi connectivity index (χ2n) is 10.0. The molecule has 2 aliphatic rings. The van der Waals surface area contributed by atoms with E-state index in [1.165, 1.54) is 17.4 Å². The van der Waals surface area contributed by atoms with Crippen molar-refractivity contribution in [3.8, 4) is 27.2 Å². The van der Waals surface area contributed by atoms with Gasteiger partial charge in [-0.25, -0.2) is 22.2 Å². The van der Waals surface area contributed by atoms with Crippen LogP contribution in [0.2, 0.25) is 0 Å². The lowest BCUT2D eigenvalue weighted by Gasteiger charge is -2.32. The molecule has 0 amide bonds. The summed E-state index contributed by atoms with van der Waals surface area (Å²) in [6, 6.07) is 12.7. The minimum absolute atomic E-state index is 0.0798. The molecule has 7 nitrogen and oxygen atoms in total. The summed E-state index contributed by atoms with van der Waals surface area (Å²) >= 11 is 1.39. The Labute approximate surface area is 230 Å². The average molecular weight is 571 g/mol. The molecule has 1 saturated carbocycles. The highest BCUT2D eigenvalue weighted by Crippen LogP contribution is 2.46. The molecule has 0 N–H and O–H groups in total. The van der Waals surface area contributed by atoms with Gasteiger partial charge >= 0.3 is 0 Å². The van der Waals surface area contributed by atoms with E-state index in [0.717, 1.165) is 22.3 Å². The van der Waals surface area contributed by atoms with Crippen LogP contribution in [0.4, 0.5) is 14.5 Å². The van der Waals surface area contributed by atoms with Gasteiger partial charge in [-0.2, -0.15) is 5.26 Å². The Hall–Kier alpha value is -3.23. The van der Waals surface area contributed by atoms with Crippen molar-refractivity contribution in [3.05, 3.63) is 54.1 Å². The van der Waals surface area contributed by atoms with E-state index in [2.05, 4.69) is 4.98 Å². The van der Waals surface area contributed by atoms with Crippen molar-refractivity contribution in [1.29, 1.82) is 5.26 Å². The van der Waals surface area contributed by atoms with Crippen LogP contribution in [-0.4, -0.2) is 54.9 Å². The summed E-state index contributed by atoms with van der Waals surface area (Å²) in [5.74, 6) is -1.22. The average Bonchev–Trinajstić information content (AvgIpc) is 3.37. The fraction of sp³-hybridized carbons (Fsp3) is 0.429. The summed E-state index contributed by atoms with van der Waals surface area (Å²) in [4.78, 5) is 25.0. The highest BCUT2D eigenvalue weighted by molar-refractivity contribution is 7.91. The predicted molar refractivity (Wildman–Crippen MR) is 146 cm³/mol. The molecule has 0 spiro atoms. The number of carbonyl (C=O) groups is 1. The lowest BCUT2D eigenvalue weighted by molar-refractivity contribution is -0.125. The van der Waals surface area contributed by atoms with Crippen LogP contribution in [0.5, 0.6) is 0 Å². The predicted octanol–water partition coefficient (Wildman–Crippen LogP) is 5.34. The van der Waals surface area contributed by atoms with Gasteiger partial charge in [-0.15, -0.1) is 11.3 Å². The largest absolute Gasteiger partial charge is 0.369 e. The van der Waals surface area contributed by atoms with Crippen molar-refractivity contribution in [2.24, 2.45) is 5.92 Å². The van der Waals surface area contributed by atoms with E-state index in [1.54, 1.807) is 6.07 Å². The maximum absolute atomic E-state index is 14.5. The summed E-state index contributed by atoms with van der Waals surface area (Å²) < 4.78 is 51.7. The highest BCUT2D eigenvalue weighted by Gasteiger charge is 2.38. The summed E-state index contributed by atoms with van der Waals surface area (Å²) in [7, 11) is -2.99. The third kappa shape index (κ3) is 6.17. The molecule has 0 unspecified atom stereocenters. The SMILES string of the molecule is N#CCCC(=O)[C@@H]1C[C@@H](F)CC[C@H]1c1nc(-c2ccc(F)cn2)sc1-c1ccc(N2CCS(=O)(=O)CC2)cc1. The van der Waals surface area contributed by atoms with Crippen LogP contribution in [-0.2, 0) is 14.6 Å². The standard InChI is InChI=1S/C28H28F2N4O3S2/c29-19-5-9-22(23(16-19)25(35)2-1-11-31)26-27(38-28(33-26)24-10-6-20(30)17-32-24)18-3-7-21(8-4-18)34-12-14-39(36,37)15-13-34/h3-4,6-8,10,17,19,22-23H,1-2,5,9,12-16H2/t19-,22+,23+/m0/s1. The molecule has 0 radical (unpaired) electrons. The minimum atomic E-state index is -2.99. The van der Waals surface area contributed by atoms with Crippen molar-refractivity contribution >= 4 is 32.6 Å². The number of thiazole rings is 1. The zero-order valence-electron chi connectivity index (χ0n) is 21.2. The normalized spacial score (nSPS) is 22.8. The highest BCUT2D eigenvalue weighted by atomic mass is 32.2. The van der Waals surface area contributed by atoms with Gasteiger partial charge in [0.05, 0.1) is 40.0 Å². The summed E-state index contributed by atoms with van der Waals surface area (Å²) in [5, 5.41) is 9.56. The van der Waals surface area contributed by atoms with Crippen molar-refractivity contribution < 1.29 is 22.0 Å². The Morgan fingerprint density at radius 3 is 2.54 bits per heavy atom. The third-order valence-corrected chi connectivity index (χ3v) is 10.2. The van der Waals surface area contributed by atoms with Crippen LogP contribution in [0.15, 0.2) is 42.6 Å². The van der Waals surface area contributed by atoms with Gasteiger partial charge < -0.3 is 4.90 Å². The quantitative estimate of drug-likeness (QED) is 0.378. The molecule has 0 bridgehead atoms. The Morgan fingerprint density at radius 2 is 1.87 bits per heavy atom. The molecular formula is C28H28F2N4O3S2. The van der Waals surface area contributed by atoms with Gasteiger partial charge in [-0.05, 0) is 49.1 Å². The summed E-state index contributed by atoms with van der Waals surface area (Å²) in [6.45, 7) is 0.875. The minimum Gasteiger partial charge on any atom is -0.369 e. The van der Waals surface area contributed by atoms with Crippen LogP contribution in [0.25, 0.3) is 21.1 Å². The Morgan fingerprint density at radius 1 is 1.13 bits per heavy atom. The molecule has 11 heteroatoms. The van der Waals surface area contributed by atoms with Crippen LogP contribution in [0.3, 0.4) is 0 Å². The van der Waals surface area contributed by atoms with Crippen LogP contribution < -0.4 is 4.90 Å². The van der Waals surface area contributed by atoms with E-state index in [4.69, 9.17) is 10.2 Å². The number of hydrogen-bond acceptors (Lipinski definition) is 8. The molecule has 3 heterocycles. The Kier molecular flexibility index (Phi) is 8.05. The van der Waals surface area contributed by atoms with Gasteiger partial charge in [-0.1, -0.05) is 12.1 Å². The van der Waals surface area contributed by atoms with Gasteiger partial charge in [0.2, 0.25) is 0 Å². The number of nitriles is 1. The number of aromatic nitrogens is 2. The van der Waals surface area contributed by atoms with Crippen LogP contribution >= 0.6 is 11.3 Å². The molecule has 2 fully saturated rings. The number of pyridine rings is 1. The number of alkyl halides is 1. The van der Waals surface area contributed by atoms with E-state index in [1.807, 2.05) is 35.2 Å². The number of sulfone groups is 1. The first kappa shape index (κ1) is 27.3. The number of Topliss-reactive ketones (excluding diaryl/α,β-unsaturated/α-hetero) is 1. The Bertz CT molecular complexity index is 1470. The molecule has 2 aromatic heterocycles. The molecule has 1 saturated heterocycles. The van der Waals surface area contributed by atoms with E-state index in [9.17, 15) is 22.0 Å². The topological polar surface area (TPSA) is 104 Å². The molecule has 3 aromatic rings. The van der Waals surface area contributed by atoms with Crippen LogP contribution in [0.1, 0.15) is 43.7 Å². The number of hydrogen-bond donors (Lipinski definition) is 0. The molecule has 3 atom stereocenters. The number of anilines is 1. The van der Waals surface area contributed by atoms with Gasteiger partial charge in [0, 0.05) is 43.5 Å². The first-order valence-corrected chi connectivity index (χ1v) is 15.6. The van der Waals surface area contributed by atoms with Crippen molar-refractivity contribution in [3.63, 3.8) is 0 Å². The molecule has 39 heavy (non-hydrogen) atoms. The second-order valence-corrected chi connectivity index (χ2v) is 13.3. The fourth-order valence-electron chi connectivity index (χ4n) is 5.36. The van der Waals surface area contributed by atoms with Crippen molar-refractivity contribution in [2.45, 2.75) is 44.2 Å². The first-order valence-electron chi connectivity index (χ1n) is 13.0. The fourth-order valence-corrected chi connectivity index (χ4v) is 7.68. The lowest BCUT2D eigenvalue weighted by atomic mass is 9.73. The third-order valence-electron chi connectivity index (χ3n) is 7.47. The summed E-state index contributed by atoms with van der Waals surface area (Å²) in [6.07, 6.45) is 1.11. The number of ketones is 1. The van der Waals surface area contributed by atoms with Crippen molar-refractivity contribution in [2.75, 3.05) is 29.5 Å². The lowest BCUT2D eigenvalue weighted by Crippen LogP contribution is -2.40. The molecule has 204 valence electrons. The molecule has 1 aromatic carbocycles. The maximum atomic E-state index is 14.5. The van der Waals surface area contributed by atoms with Crippen LogP contribution in [0, 0.1) is 23.1 Å². The molecule has 5 rings (SSSR count). The maximum Gasteiger partial charge on any atom is 0.153 e. The first-order chi connectivity index (χ1) is 18.7. The summed E-state index contributed by atoms with van der Waals surface area (Å²) in [5.41, 5.74) is 2.99. The zero-order chi connectivity index (χ0) is 27.6. The van der Waals surface area contributed by atoms with E-state index in [-0.39, 0.29) is 42.5 Å². The number of rotatable bonds is 7. The monoisotopic (exact) mass is 570 g/mol. The molecule has 1 aliphatic carbocycles. The number of halogens is 2. The van der Waals surface area contributed by atoms with Crippen molar-refractivity contribution in [1.82, 2.24) is 9.97 Å². The van der Waals surface area contributed by atoms with Gasteiger partial charge in [0.1, 0.15) is 22.8 Å². The Balaban J connectivity index is 1.52. The zero-order valence-corrected chi connectivity index (χ0v) is 22.9. The smallest absolute Gasteiger partial charge is 0.153 e. The van der Waals surface area contributed by atoms with Gasteiger partial charge in [0.15, 0.2) is 9.84 Å². The molecule has 1 aliphatic heterocycles. The number of carbonyl (C=O) groups excluding carboxylic acids is 1. The van der Waals surface area contributed by atoms with E-state index in [0.29, 0.717) is 42.3 Å². The van der Waals surface area contributed by atoms with E-state index < -0.39 is 27.7 Å².